The van der Waals surface area contributed by atoms with Crippen LogP contribution in [0.4, 0.5) is 19.3 Å². The summed E-state index contributed by atoms with van der Waals surface area (Å²) in [6, 6.07) is 2.63. The lowest BCUT2D eigenvalue weighted by molar-refractivity contribution is 0.217. The zero-order valence-corrected chi connectivity index (χ0v) is 10.4. The van der Waals surface area contributed by atoms with Gasteiger partial charge in [0.05, 0.1) is 5.69 Å². The molecule has 0 aliphatic carbocycles. The fraction of sp³-hybridized carbons (Fsp3) is 0.462. The second kappa shape index (κ2) is 5.97. The van der Waals surface area contributed by atoms with Gasteiger partial charge in [0.25, 0.3) is 0 Å². The van der Waals surface area contributed by atoms with E-state index in [2.05, 4.69) is 5.32 Å². The minimum Gasteiger partial charge on any atom is -0.396 e. The van der Waals surface area contributed by atoms with Crippen LogP contribution in [0.1, 0.15) is 12.8 Å². The van der Waals surface area contributed by atoms with Crippen molar-refractivity contribution >= 4 is 11.7 Å². The Kier molecular flexibility index (Phi) is 4.31. The normalized spacial score (nSPS) is 18.7. The molecular weight excluding hydrogens is 254 g/mol. The minimum atomic E-state index is -0.792. The van der Waals surface area contributed by atoms with Gasteiger partial charge in [0.1, 0.15) is 11.6 Å². The smallest absolute Gasteiger partial charge is 0.321 e. The van der Waals surface area contributed by atoms with Crippen LogP contribution in [0.2, 0.25) is 0 Å². The summed E-state index contributed by atoms with van der Waals surface area (Å²) in [5.74, 6) is -1.19. The fourth-order valence-electron chi connectivity index (χ4n) is 2.22. The topological polar surface area (TPSA) is 52.6 Å². The number of benzene rings is 1. The highest BCUT2D eigenvalue weighted by Crippen LogP contribution is 2.21. The predicted molar refractivity (Wildman–Crippen MR) is 66.8 cm³/mol. The molecular formula is C13H16F2N2O2. The van der Waals surface area contributed by atoms with E-state index in [0.29, 0.717) is 19.5 Å². The monoisotopic (exact) mass is 270 g/mol. The molecule has 1 aromatic carbocycles. The van der Waals surface area contributed by atoms with E-state index in [1.54, 1.807) is 4.90 Å². The van der Waals surface area contributed by atoms with E-state index in [1.165, 1.54) is 6.07 Å². The number of nitrogens with zero attached hydrogens (tertiary/aromatic N) is 1. The number of rotatable bonds is 3. The van der Waals surface area contributed by atoms with Crippen LogP contribution >= 0.6 is 0 Å². The zero-order chi connectivity index (χ0) is 13.8. The van der Waals surface area contributed by atoms with Crippen LogP contribution < -0.4 is 5.32 Å². The number of urea groups is 1. The summed E-state index contributed by atoms with van der Waals surface area (Å²) in [5.41, 5.74) is -0.0305. The van der Waals surface area contributed by atoms with Crippen LogP contribution in [0.3, 0.4) is 0 Å². The summed E-state index contributed by atoms with van der Waals surface area (Å²) in [6.45, 7) is 1.24. The molecule has 1 aliphatic rings. The van der Waals surface area contributed by atoms with Crippen molar-refractivity contribution in [1.29, 1.82) is 0 Å². The third-order valence-electron chi connectivity index (χ3n) is 3.28. The van der Waals surface area contributed by atoms with Crippen molar-refractivity contribution in [2.24, 2.45) is 5.92 Å². The largest absolute Gasteiger partial charge is 0.396 e. The SMILES string of the molecule is O=C(Nc1ccc(F)cc1F)N1CCC(CCO)C1. The molecule has 4 nitrogen and oxygen atoms in total. The van der Waals surface area contributed by atoms with Crippen molar-refractivity contribution in [3.63, 3.8) is 0 Å². The molecule has 1 fully saturated rings. The minimum absolute atomic E-state index is 0.0305. The quantitative estimate of drug-likeness (QED) is 0.884. The number of likely N-dealkylation sites (tertiary alicyclic amines) is 1. The molecule has 0 bridgehead atoms. The lowest BCUT2D eigenvalue weighted by Gasteiger charge is -2.17. The average molecular weight is 270 g/mol. The molecule has 1 atom stereocenters. The maximum Gasteiger partial charge on any atom is 0.321 e. The maximum absolute atomic E-state index is 13.4. The molecule has 1 aromatic rings. The van der Waals surface area contributed by atoms with E-state index in [9.17, 15) is 13.6 Å². The standard InChI is InChI=1S/C13H16F2N2O2/c14-10-1-2-12(11(15)7-10)16-13(19)17-5-3-9(8-17)4-6-18/h1-2,7,9,18H,3-6,8H2,(H,16,19). The number of carbonyl (C=O) groups excluding carboxylic acids is 1. The summed E-state index contributed by atoms with van der Waals surface area (Å²) in [6.07, 6.45) is 1.49. The number of anilines is 1. The molecule has 1 saturated heterocycles. The summed E-state index contributed by atoms with van der Waals surface area (Å²) in [7, 11) is 0. The van der Waals surface area contributed by atoms with Gasteiger partial charge >= 0.3 is 6.03 Å². The highest BCUT2D eigenvalue weighted by Gasteiger charge is 2.26. The molecule has 0 saturated carbocycles. The van der Waals surface area contributed by atoms with Gasteiger partial charge in [0, 0.05) is 25.8 Å². The Morgan fingerprint density at radius 1 is 1.47 bits per heavy atom. The average Bonchev–Trinajstić information content (AvgIpc) is 2.82. The molecule has 1 heterocycles. The number of aliphatic hydroxyl groups is 1. The Balaban J connectivity index is 1.94. The molecule has 104 valence electrons. The van der Waals surface area contributed by atoms with E-state index in [0.717, 1.165) is 18.6 Å². The summed E-state index contributed by atoms with van der Waals surface area (Å²) in [5, 5.41) is 11.3. The summed E-state index contributed by atoms with van der Waals surface area (Å²) in [4.78, 5) is 13.5. The number of hydrogen-bond donors (Lipinski definition) is 2. The van der Waals surface area contributed by atoms with Gasteiger partial charge in [-0.15, -0.1) is 0 Å². The summed E-state index contributed by atoms with van der Waals surface area (Å²) < 4.78 is 26.1. The Hall–Kier alpha value is -1.69. The predicted octanol–water partition coefficient (Wildman–Crippen LogP) is 2.20. The van der Waals surface area contributed by atoms with E-state index < -0.39 is 17.7 Å². The number of hydrogen-bond acceptors (Lipinski definition) is 2. The first-order chi connectivity index (χ1) is 9.10. The molecule has 0 spiro atoms. The summed E-state index contributed by atoms with van der Waals surface area (Å²) >= 11 is 0. The van der Waals surface area contributed by atoms with Gasteiger partial charge in [-0.3, -0.25) is 0 Å². The van der Waals surface area contributed by atoms with Gasteiger partial charge < -0.3 is 15.3 Å². The van der Waals surface area contributed by atoms with Gasteiger partial charge in [0.15, 0.2) is 0 Å². The third-order valence-corrected chi connectivity index (χ3v) is 3.28. The molecule has 1 aliphatic heterocycles. The van der Waals surface area contributed by atoms with Crippen LogP contribution in [0.15, 0.2) is 18.2 Å². The van der Waals surface area contributed by atoms with Crippen LogP contribution in [0.25, 0.3) is 0 Å². The third kappa shape index (κ3) is 3.41. The van der Waals surface area contributed by atoms with Crippen molar-refractivity contribution in [3.8, 4) is 0 Å². The Bertz CT molecular complexity index is 468. The second-order valence-corrected chi connectivity index (χ2v) is 4.67. The first kappa shape index (κ1) is 13.7. The van der Waals surface area contributed by atoms with Gasteiger partial charge in [-0.05, 0) is 30.9 Å². The van der Waals surface area contributed by atoms with Crippen molar-refractivity contribution in [2.45, 2.75) is 12.8 Å². The van der Waals surface area contributed by atoms with Crippen LogP contribution in [-0.2, 0) is 0 Å². The molecule has 2 amide bonds. The number of carbonyl (C=O) groups is 1. The van der Waals surface area contributed by atoms with Crippen molar-refractivity contribution in [1.82, 2.24) is 4.90 Å². The van der Waals surface area contributed by atoms with Crippen LogP contribution in [-0.4, -0.2) is 35.7 Å². The molecule has 2 N–H and O–H groups in total. The Labute approximate surface area is 110 Å². The van der Waals surface area contributed by atoms with E-state index >= 15 is 0 Å². The molecule has 6 heteroatoms. The maximum atomic E-state index is 13.4. The Morgan fingerprint density at radius 3 is 2.95 bits per heavy atom. The number of nitrogens with one attached hydrogen (secondary N) is 1. The number of halogens is 2. The highest BCUT2D eigenvalue weighted by atomic mass is 19.1. The van der Waals surface area contributed by atoms with E-state index in [4.69, 9.17) is 5.11 Å². The fourth-order valence-corrected chi connectivity index (χ4v) is 2.22. The van der Waals surface area contributed by atoms with Crippen molar-refractivity contribution < 1.29 is 18.7 Å². The second-order valence-electron chi connectivity index (χ2n) is 4.67. The van der Waals surface area contributed by atoms with Crippen LogP contribution in [0.5, 0.6) is 0 Å². The molecule has 19 heavy (non-hydrogen) atoms. The lowest BCUT2D eigenvalue weighted by atomic mass is 10.1. The lowest BCUT2D eigenvalue weighted by Crippen LogP contribution is -2.33. The number of amides is 2. The molecule has 0 aromatic heterocycles. The van der Waals surface area contributed by atoms with Crippen molar-refractivity contribution in [2.75, 3.05) is 25.0 Å². The first-order valence-corrected chi connectivity index (χ1v) is 6.22. The first-order valence-electron chi connectivity index (χ1n) is 6.22. The van der Waals surface area contributed by atoms with E-state index in [-0.39, 0.29) is 18.2 Å². The zero-order valence-electron chi connectivity index (χ0n) is 10.4. The number of aliphatic hydroxyl groups excluding tert-OH is 1. The van der Waals surface area contributed by atoms with Gasteiger partial charge in [0.2, 0.25) is 0 Å². The van der Waals surface area contributed by atoms with Crippen LogP contribution in [0, 0.1) is 17.6 Å². The highest BCUT2D eigenvalue weighted by molar-refractivity contribution is 5.89. The Morgan fingerprint density at radius 2 is 2.26 bits per heavy atom. The van der Waals surface area contributed by atoms with Gasteiger partial charge in [-0.1, -0.05) is 0 Å². The van der Waals surface area contributed by atoms with Crippen molar-refractivity contribution in [3.05, 3.63) is 29.8 Å². The van der Waals surface area contributed by atoms with E-state index in [1.807, 2.05) is 0 Å². The molecule has 1 unspecified atom stereocenters. The van der Waals surface area contributed by atoms with Gasteiger partial charge in [-0.2, -0.15) is 0 Å². The van der Waals surface area contributed by atoms with Gasteiger partial charge in [-0.25, -0.2) is 13.6 Å². The molecule has 0 radical (unpaired) electrons. The molecule has 2 rings (SSSR count).